The molecule has 1 heterocycles. The number of nitrogens with zero attached hydrogens (tertiary/aromatic N) is 1. The van der Waals surface area contributed by atoms with Gasteiger partial charge in [-0.05, 0) is 86.9 Å². The average molecular weight is 391 g/mol. The molecule has 2 saturated carbocycles. The summed E-state index contributed by atoms with van der Waals surface area (Å²) < 4.78 is 0. The molecule has 1 aliphatic heterocycles. The van der Waals surface area contributed by atoms with Crippen molar-refractivity contribution in [1.29, 1.82) is 0 Å². The first-order chi connectivity index (χ1) is 14.2. The number of amides is 1. The van der Waals surface area contributed by atoms with E-state index in [0.29, 0.717) is 6.04 Å². The van der Waals surface area contributed by atoms with Crippen molar-refractivity contribution in [2.75, 3.05) is 19.6 Å². The predicted molar refractivity (Wildman–Crippen MR) is 119 cm³/mol. The molecule has 0 radical (unpaired) electrons. The highest BCUT2D eigenvalue weighted by Gasteiger charge is 2.43. The first kappa shape index (κ1) is 17.9. The Morgan fingerprint density at radius 1 is 1.14 bits per heavy atom. The molecular weight excluding hydrogens is 356 g/mol. The molecule has 1 N–H and O–H groups in total. The topological polar surface area (TPSA) is 32.3 Å². The van der Waals surface area contributed by atoms with Crippen molar-refractivity contribution in [2.24, 2.45) is 17.8 Å². The molecule has 5 aliphatic rings. The fourth-order valence-corrected chi connectivity index (χ4v) is 6.57. The van der Waals surface area contributed by atoms with Gasteiger partial charge in [-0.3, -0.25) is 4.79 Å². The lowest BCUT2D eigenvalue weighted by Crippen LogP contribution is -2.43. The quantitative estimate of drug-likeness (QED) is 0.765. The smallest absolute Gasteiger partial charge is 0.251 e. The van der Waals surface area contributed by atoms with Crippen molar-refractivity contribution in [1.82, 2.24) is 10.2 Å². The van der Waals surface area contributed by atoms with Crippen LogP contribution >= 0.6 is 0 Å². The normalized spacial score (nSPS) is 32.3. The highest BCUT2D eigenvalue weighted by Crippen LogP contribution is 2.48. The minimum atomic E-state index is 0. The van der Waals surface area contributed by atoms with Gasteiger partial charge in [0, 0.05) is 25.0 Å². The molecule has 1 amide bonds. The summed E-state index contributed by atoms with van der Waals surface area (Å²) in [4.78, 5) is 15.7. The first-order valence-corrected chi connectivity index (χ1v) is 11.7. The van der Waals surface area contributed by atoms with Crippen molar-refractivity contribution in [3.8, 4) is 0 Å². The maximum atomic E-state index is 13.0. The molecule has 2 bridgehead atoms. The number of benzene rings is 1. The van der Waals surface area contributed by atoms with Crippen LogP contribution in [0.3, 0.4) is 0 Å². The van der Waals surface area contributed by atoms with Crippen LogP contribution in [0.2, 0.25) is 0 Å². The van der Waals surface area contributed by atoms with Crippen LogP contribution < -0.4 is 5.32 Å². The molecule has 1 aromatic carbocycles. The Bertz CT molecular complexity index is 879. The summed E-state index contributed by atoms with van der Waals surface area (Å²) in [5, 5.41) is 3.27. The maximum Gasteiger partial charge on any atom is 0.251 e. The fourth-order valence-electron chi connectivity index (χ4n) is 6.57. The van der Waals surface area contributed by atoms with Crippen molar-refractivity contribution in [2.45, 2.75) is 56.4 Å². The maximum absolute atomic E-state index is 13.0. The summed E-state index contributed by atoms with van der Waals surface area (Å²) in [6.07, 6.45) is 15.9. The van der Waals surface area contributed by atoms with Crippen molar-refractivity contribution in [3.05, 3.63) is 53.6 Å². The van der Waals surface area contributed by atoms with Crippen LogP contribution in [0.5, 0.6) is 0 Å². The molecule has 3 unspecified atom stereocenters. The molecule has 6 rings (SSSR count). The number of carbonyl (C=O) groups excluding carboxylic acids is 1. The van der Waals surface area contributed by atoms with Gasteiger partial charge in [0.15, 0.2) is 0 Å². The summed E-state index contributed by atoms with van der Waals surface area (Å²) in [5.74, 6) is 2.72. The summed E-state index contributed by atoms with van der Waals surface area (Å²) in [6.45, 7) is 3.57. The van der Waals surface area contributed by atoms with E-state index >= 15 is 0 Å². The molecule has 1 saturated heterocycles. The van der Waals surface area contributed by atoms with Gasteiger partial charge in [-0.2, -0.15) is 0 Å². The number of piperidine rings is 1. The van der Waals surface area contributed by atoms with Gasteiger partial charge in [-0.25, -0.2) is 0 Å². The zero-order valence-electron chi connectivity index (χ0n) is 17.3. The largest absolute Gasteiger partial charge is 0.349 e. The second kappa shape index (κ2) is 6.84. The average Bonchev–Trinajstić information content (AvgIpc) is 3.41. The second-order valence-electron chi connectivity index (χ2n) is 10.2. The molecule has 154 valence electrons. The molecule has 1 aromatic rings. The Morgan fingerprint density at radius 3 is 2.66 bits per heavy atom. The van der Waals surface area contributed by atoms with E-state index in [9.17, 15) is 4.79 Å². The fraction of sp³-hybridized carbons (Fsp3) is 0.577. The van der Waals surface area contributed by atoms with Crippen molar-refractivity contribution in [3.63, 3.8) is 0 Å². The summed E-state index contributed by atoms with van der Waals surface area (Å²) >= 11 is 0. The molecule has 3 nitrogen and oxygen atoms in total. The zero-order chi connectivity index (χ0) is 19.4. The molecule has 29 heavy (non-hydrogen) atoms. The SMILES string of the molecule is O=C(NC1CCC1)C1=CC2(CCN(CC3CC4C=CC3C4)CC2)c2ccccc21.[HH]. The van der Waals surface area contributed by atoms with Gasteiger partial charge in [0.1, 0.15) is 0 Å². The Morgan fingerprint density at radius 2 is 1.97 bits per heavy atom. The molecule has 3 fully saturated rings. The van der Waals surface area contributed by atoms with E-state index in [4.69, 9.17) is 0 Å². The van der Waals surface area contributed by atoms with E-state index in [1.807, 2.05) is 0 Å². The number of hydrogen-bond donors (Lipinski definition) is 1. The highest BCUT2D eigenvalue weighted by atomic mass is 16.1. The van der Waals surface area contributed by atoms with Crippen LogP contribution in [0.1, 0.15) is 57.5 Å². The van der Waals surface area contributed by atoms with Crippen LogP contribution in [0.25, 0.3) is 5.57 Å². The van der Waals surface area contributed by atoms with Crippen molar-refractivity contribution >= 4 is 11.5 Å². The number of allylic oxidation sites excluding steroid dienone is 3. The van der Waals surface area contributed by atoms with E-state index in [2.05, 4.69) is 52.7 Å². The van der Waals surface area contributed by atoms with E-state index in [1.165, 1.54) is 36.9 Å². The van der Waals surface area contributed by atoms with Gasteiger partial charge in [-0.1, -0.05) is 42.5 Å². The minimum Gasteiger partial charge on any atom is -0.349 e. The second-order valence-corrected chi connectivity index (χ2v) is 10.2. The molecule has 0 aromatic heterocycles. The summed E-state index contributed by atoms with van der Waals surface area (Å²) in [6, 6.07) is 9.05. The number of rotatable bonds is 4. The van der Waals surface area contributed by atoms with E-state index in [-0.39, 0.29) is 12.7 Å². The molecular formula is C26H34N2O. The van der Waals surface area contributed by atoms with Gasteiger partial charge >= 0.3 is 0 Å². The number of likely N-dealkylation sites (tertiary alicyclic amines) is 1. The molecule has 3 atom stereocenters. The first-order valence-electron chi connectivity index (χ1n) is 11.7. The van der Waals surface area contributed by atoms with Gasteiger partial charge in [0.25, 0.3) is 5.91 Å². The molecule has 3 heteroatoms. The Hall–Kier alpha value is -1.87. The Labute approximate surface area is 175 Å². The van der Waals surface area contributed by atoms with Crippen LogP contribution in [-0.4, -0.2) is 36.5 Å². The van der Waals surface area contributed by atoms with Crippen LogP contribution in [-0.2, 0) is 10.2 Å². The summed E-state index contributed by atoms with van der Waals surface area (Å²) in [5.41, 5.74) is 3.56. The third kappa shape index (κ3) is 3.01. The van der Waals surface area contributed by atoms with Crippen molar-refractivity contribution < 1.29 is 6.22 Å². The monoisotopic (exact) mass is 390 g/mol. The lowest BCUT2D eigenvalue weighted by Gasteiger charge is -2.40. The van der Waals surface area contributed by atoms with Gasteiger partial charge < -0.3 is 10.2 Å². The van der Waals surface area contributed by atoms with Crippen LogP contribution in [0.15, 0.2) is 42.5 Å². The van der Waals surface area contributed by atoms with Gasteiger partial charge in [0.2, 0.25) is 0 Å². The van der Waals surface area contributed by atoms with E-state index in [1.54, 1.807) is 0 Å². The standard InChI is InChI=1S/C26H32N2O.H2/c29-25(27-21-4-3-5-21)23-16-26(24-7-2-1-6-22(23)24)10-12-28(13-11-26)17-20-15-18-8-9-19(20)14-18;/h1-2,6-9,16,18-21H,3-5,10-15,17H2,(H,27,29);1H. The number of carbonyl (C=O) groups is 1. The lowest BCUT2D eigenvalue weighted by atomic mass is 9.74. The Balaban J connectivity index is 0.00000193. The zero-order valence-corrected chi connectivity index (χ0v) is 17.3. The Kier molecular flexibility index (Phi) is 4.23. The number of hydrogen-bond acceptors (Lipinski definition) is 2. The molecule has 4 aliphatic carbocycles. The molecule has 1 spiro atoms. The van der Waals surface area contributed by atoms with Crippen LogP contribution in [0, 0.1) is 17.8 Å². The van der Waals surface area contributed by atoms with Gasteiger partial charge in [-0.15, -0.1) is 0 Å². The summed E-state index contributed by atoms with van der Waals surface area (Å²) in [7, 11) is 0. The number of nitrogens with one attached hydrogen (secondary N) is 1. The minimum absolute atomic E-state index is 0. The van der Waals surface area contributed by atoms with E-state index < -0.39 is 0 Å². The third-order valence-electron chi connectivity index (χ3n) is 8.52. The highest BCUT2D eigenvalue weighted by molar-refractivity contribution is 6.21. The van der Waals surface area contributed by atoms with Gasteiger partial charge in [0.05, 0.1) is 0 Å². The van der Waals surface area contributed by atoms with E-state index in [0.717, 1.165) is 62.1 Å². The van der Waals surface area contributed by atoms with Crippen LogP contribution in [0.4, 0.5) is 0 Å². The predicted octanol–water partition coefficient (Wildman–Crippen LogP) is 4.54. The lowest BCUT2D eigenvalue weighted by molar-refractivity contribution is -0.116. The third-order valence-corrected chi connectivity index (χ3v) is 8.52. The number of fused-ring (bicyclic) bond motifs is 4.